The smallest absolute Gasteiger partial charge is 0.130 e. The predicted molar refractivity (Wildman–Crippen MR) is 108 cm³/mol. The molecule has 0 saturated heterocycles. The SMILES string of the molecule is CC(C)[C@H](NCc1ccccc1)C(O)(c1ccccc1)c1ccccc1. The van der Waals surface area contributed by atoms with E-state index in [0.717, 1.165) is 11.1 Å². The molecular weight excluding hydrogens is 318 g/mol. The molecule has 0 bridgehead atoms. The highest BCUT2D eigenvalue weighted by Crippen LogP contribution is 2.36. The molecule has 0 aliphatic rings. The first-order chi connectivity index (χ1) is 12.6. The lowest BCUT2D eigenvalue weighted by Gasteiger charge is -2.40. The highest BCUT2D eigenvalue weighted by molar-refractivity contribution is 5.38. The number of aliphatic hydroxyl groups is 1. The quantitative estimate of drug-likeness (QED) is 0.648. The van der Waals surface area contributed by atoms with E-state index in [-0.39, 0.29) is 12.0 Å². The highest BCUT2D eigenvalue weighted by atomic mass is 16.3. The molecule has 0 fully saturated rings. The minimum Gasteiger partial charge on any atom is -0.379 e. The third-order valence-electron chi connectivity index (χ3n) is 4.91. The van der Waals surface area contributed by atoms with Crippen LogP contribution in [0.3, 0.4) is 0 Å². The zero-order valence-corrected chi connectivity index (χ0v) is 15.5. The van der Waals surface area contributed by atoms with E-state index in [4.69, 9.17) is 0 Å². The maximum absolute atomic E-state index is 12.0. The second-order valence-corrected chi connectivity index (χ2v) is 7.09. The van der Waals surface area contributed by atoms with Gasteiger partial charge in [-0.2, -0.15) is 0 Å². The number of hydrogen-bond acceptors (Lipinski definition) is 2. The van der Waals surface area contributed by atoms with E-state index in [0.29, 0.717) is 6.54 Å². The third-order valence-corrected chi connectivity index (χ3v) is 4.91. The summed E-state index contributed by atoms with van der Waals surface area (Å²) in [5, 5.41) is 15.6. The predicted octanol–water partition coefficient (Wildman–Crippen LogP) is 4.74. The van der Waals surface area contributed by atoms with Crippen molar-refractivity contribution in [2.45, 2.75) is 32.0 Å². The lowest BCUT2D eigenvalue weighted by molar-refractivity contribution is 0.0183. The van der Waals surface area contributed by atoms with Crippen molar-refractivity contribution in [1.82, 2.24) is 5.32 Å². The lowest BCUT2D eigenvalue weighted by atomic mass is 9.76. The van der Waals surface area contributed by atoms with Crippen molar-refractivity contribution in [3.63, 3.8) is 0 Å². The molecule has 134 valence electrons. The summed E-state index contributed by atoms with van der Waals surface area (Å²) in [7, 11) is 0. The van der Waals surface area contributed by atoms with Crippen LogP contribution in [-0.2, 0) is 12.1 Å². The zero-order chi connectivity index (χ0) is 18.4. The molecule has 3 rings (SSSR count). The minimum absolute atomic E-state index is 0.132. The van der Waals surface area contributed by atoms with Gasteiger partial charge in [-0.25, -0.2) is 0 Å². The number of rotatable bonds is 7. The van der Waals surface area contributed by atoms with Crippen LogP contribution in [-0.4, -0.2) is 11.1 Å². The molecule has 3 aromatic rings. The van der Waals surface area contributed by atoms with Crippen molar-refractivity contribution < 1.29 is 5.11 Å². The summed E-state index contributed by atoms with van der Waals surface area (Å²) < 4.78 is 0. The molecule has 1 atom stereocenters. The minimum atomic E-state index is -1.11. The van der Waals surface area contributed by atoms with Gasteiger partial charge in [-0.3, -0.25) is 0 Å². The van der Waals surface area contributed by atoms with Gasteiger partial charge >= 0.3 is 0 Å². The van der Waals surface area contributed by atoms with Gasteiger partial charge in [-0.1, -0.05) is 105 Å². The van der Waals surface area contributed by atoms with Crippen LogP contribution in [0.15, 0.2) is 91.0 Å². The fraction of sp³-hybridized carbons (Fsp3) is 0.250. The summed E-state index contributed by atoms with van der Waals surface area (Å²) in [6.07, 6.45) is 0. The average Bonchev–Trinajstić information content (AvgIpc) is 2.70. The van der Waals surface area contributed by atoms with Gasteiger partial charge in [0.2, 0.25) is 0 Å². The van der Waals surface area contributed by atoms with Gasteiger partial charge in [0.15, 0.2) is 0 Å². The Morgan fingerprint density at radius 3 is 1.58 bits per heavy atom. The highest BCUT2D eigenvalue weighted by Gasteiger charge is 2.41. The van der Waals surface area contributed by atoms with Crippen LogP contribution in [0.1, 0.15) is 30.5 Å². The Bertz CT molecular complexity index is 745. The summed E-state index contributed by atoms with van der Waals surface area (Å²) >= 11 is 0. The Hall–Kier alpha value is -2.42. The Morgan fingerprint density at radius 1 is 0.731 bits per heavy atom. The molecule has 0 aliphatic carbocycles. The van der Waals surface area contributed by atoms with Crippen LogP contribution in [0.4, 0.5) is 0 Å². The van der Waals surface area contributed by atoms with Gasteiger partial charge < -0.3 is 10.4 Å². The van der Waals surface area contributed by atoms with E-state index in [9.17, 15) is 5.11 Å². The third kappa shape index (κ3) is 3.87. The molecular formula is C24H27NO. The monoisotopic (exact) mass is 345 g/mol. The van der Waals surface area contributed by atoms with E-state index in [1.807, 2.05) is 78.9 Å². The van der Waals surface area contributed by atoms with Gasteiger partial charge in [0.05, 0.1) is 0 Å². The van der Waals surface area contributed by atoms with E-state index < -0.39 is 5.60 Å². The molecule has 0 radical (unpaired) electrons. The molecule has 2 heteroatoms. The Kier molecular flexibility index (Phi) is 5.87. The Labute approximate surface area is 156 Å². The van der Waals surface area contributed by atoms with Crippen molar-refractivity contribution >= 4 is 0 Å². The number of hydrogen-bond donors (Lipinski definition) is 2. The van der Waals surface area contributed by atoms with Gasteiger partial charge in [-0.15, -0.1) is 0 Å². The molecule has 0 spiro atoms. The van der Waals surface area contributed by atoms with Gasteiger partial charge in [0.1, 0.15) is 5.60 Å². The van der Waals surface area contributed by atoms with E-state index in [2.05, 4.69) is 31.3 Å². The fourth-order valence-corrected chi connectivity index (χ4v) is 3.60. The maximum Gasteiger partial charge on any atom is 0.130 e. The number of benzene rings is 3. The van der Waals surface area contributed by atoms with Crippen LogP contribution < -0.4 is 5.32 Å². The normalized spacial score (nSPS) is 12.9. The second-order valence-electron chi connectivity index (χ2n) is 7.09. The van der Waals surface area contributed by atoms with Crippen LogP contribution in [0.2, 0.25) is 0 Å². The van der Waals surface area contributed by atoms with E-state index >= 15 is 0 Å². The summed E-state index contributed by atoms with van der Waals surface area (Å²) in [5.41, 5.74) is 1.92. The summed E-state index contributed by atoms with van der Waals surface area (Å²) in [6.45, 7) is 5.02. The van der Waals surface area contributed by atoms with Crippen LogP contribution >= 0.6 is 0 Å². The molecule has 0 aromatic heterocycles. The first-order valence-corrected chi connectivity index (χ1v) is 9.23. The van der Waals surface area contributed by atoms with Crippen molar-refractivity contribution in [3.8, 4) is 0 Å². The van der Waals surface area contributed by atoms with Gasteiger partial charge in [0.25, 0.3) is 0 Å². The second kappa shape index (κ2) is 8.31. The average molecular weight is 345 g/mol. The first-order valence-electron chi connectivity index (χ1n) is 9.23. The maximum atomic E-state index is 12.0. The fourth-order valence-electron chi connectivity index (χ4n) is 3.60. The first kappa shape index (κ1) is 18.4. The molecule has 0 amide bonds. The Balaban J connectivity index is 2.00. The van der Waals surface area contributed by atoms with Gasteiger partial charge in [0, 0.05) is 12.6 Å². The largest absolute Gasteiger partial charge is 0.379 e. The number of nitrogens with one attached hydrogen (secondary N) is 1. The van der Waals surface area contributed by atoms with Crippen LogP contribution in [0, 0.1) is 5.92 Å². The van der Waals surface area contributed by atoms with Crippen LogP contribution in [0.25, 0.3) is 0 Å². The summed E-state index contributed by atoms with van der Waals surface area (Å²) in [5.74, 6) is 0.240. The molecule has 2 N–H and O–H groups in total. The summed E-state index contributed by atoms with van der Waals surface area (Å²) in [6, 6.07) is 30.1. The standard InChI is InChI=1S/C24H27NO/c1-19(2)23(25-18-20-12-6-3-7-13-20)24(26,21-14-8-4-9-15-21)22-16-10-5-11-17-22/h3-17,19,23,25-26H,18H2,1-2H3/t23-/m0/s1. The molecule has 0 heterocycles. The van der Waals surface area contributed by atoms with Gasteiger partial charge in [-0.05, 0) is 22.6 Å². The molecule has 0 aliphatic heterocycles. The Morgan fingerprint density at radius 2 is 1.15 bits per heavy atom. The molecule has 26 heavy (non-hydrogen) atoms. The summed E-state index contributed by atoms with van der Waals surface area (Å²) in [4.78, 5) is 0. The molecule has 2 nitrogen and oxygen atoms in total. The lowest BCUT2D eigenvalue weighted by Crippen LogP contribution is -2.52. The molecule has 0 saturated carbocycles. The van der Waals surface area contributed by atoms with Crippen molar-refractivity contribution in [1.29, 1.82) is 0 Å². The van der Waals surface area contributed by atoms with E-state index in [1.165, 1.54) is 5.56 Å². The molecule has 0 unspecified atom stereocenters. The van der Waals surface area contributed by atoms with Crippen molar-refractivity contribution in [2.24, 2.45) is 5.92 Å². The molecule has 3 aromatic carbocycles. The van der Waals surface area contributed by atoms with Crippen molar-refractivity contribution in [3.05, 3.63) is 108 Å². The topological polar surface area (TPSA) is 32.3 Å². The van der Waals surface area contributed by atoms with E-state index in [1.54, 1.807) is 0 Å². The van der Waals surface area contributed by atoms with Crippen molar-refractivity contribution in [2.75, 3.05) is 0 Å². The zero-order valence-electron chi connectivity index (χ0n) is 15.5. The van der Waals surface area contributed by atoms with Crippen LogP contribution in [0.5, 0.6) is 0 Å².